The van der Waals surface area contributed by atoms with Crippen molar-refractivity contribution in [1.29, 1.82) is 0 Å². The van der Waals surface area contributed by atoms with Crippen LogP contribution in [-0.4, -0.2) is 68.6 Å². The number of nitrogens with one attached hydrogen (secondary N) is 2. The number of thioether (sulfide) groups is 1. The van der Waals surface area contributed by atoms with Crippen LogP contribution in [0.5, 0.6) is 0 Å². The summed E-state index contributed by atoms with van der Waals surface area (Å²) in [5, 5.41) is 10.6. The summed E-state index contributed by atoms with van der Waals surface area (Å²) >= 11 is 1.29. The predicted octanol–water partition coefficient (Wildman–Crippen LogP) is 0.900. The van der Waals surface area contributed by atoms with Crippen molar-refractivity contribution in [3.05, 3.63) is 47.0 Å². The summed E-state index contributed by atoms with van der Waals surface area (Å²) < 4.78 is 21.1. The molecule has 11 nitrogen and oxygen atoms in total. The zero-order chi connectivity index (χ0) is 23.4. The number of H-pyrrole nitrogens is 1. The monoisotopic (exact) mass is 475 g/mol. The van der Waals surface area contributed by atoms with Gasteiger partial charge in [-0.25, -0.2) is 9.18 Å². The molecule has 3 aromatic rings. The minimum atomic E-state index is -0.622. The van der Waals surface area contributed by atoms with Gasteiger partial charge in [-0.3, -0.25) is 9.59 Å². The number of rotatable bonds is 7. The van der Waals surface area contributed by atoms with E-state index in [1.54, 1.807) is 17.0 Å². The minimum Gasteiger partial charge on any atom is -0.366 e. The van der Waals surface area contributed by atoms with Crippen molar-refractivity contribution in [2.45, 2.75) is 18.7 Å². The van der Waals surface area contributed by atoms with Gasteiger partial charge in [-0.15, -0.1) is 10.2 Å². The molecular formula is C20H22FN7O4S. The molecule has 3 heterocycles. The number of hydrogen-bond acceptors (Lipinski definition) is 8. The molecule has 33 heavy (non-hydrogen) atoms. The lowest BCUT2D eigenvalue weighted by molar-refractivity contribution is -0.128. The first-order chi connectivity index (χ1) is 15.9. The molecule has 0 atom stereocenters. The molecule has 2 amide bonds. The highest BCUT2D eigenvalue weighted by Crippen LogP contribution is 2.26. The van der Waals surface area contributed by atoms with E-state index in [9.17, 15) is 18.8 Å². The molecular weight excluding hydrogens is 453 g/mol. The Morgan fingerprint density at radius 1 is 1.27 bits per heavy atom. The van der Waals surface area contributed by atoms with Crippen molar-refractivity contribution in [2.24, 2.45) is 0 Å². The lowest BCUT2D eigenvalue weighted by atomic mass is 10.1. The smallest absolute Gasteiger partial charge is 0.365 e. The van der Waals surface area contributed by atoms with E-state index >= 15 is 0 Å². The second-order valence-corrected chi connectivity index (χ2v) is 8.31. The van der Waals surface area contributed by atoms with Crippen molar-refractivity contribution in [3.63, 3.8) is 0 Å². The molecule has 1 aromatic carbocycles. The van der Waals surface area contributed by atoms with E-state index in [4.69, 9.17) is 4.52 Å². The third-order valence-corrected chi connectivity index (χ3v) is 6.00. The molecule has 1 saturated heterocycles. The molecule has 0 unspecified atom stereocenters. The van der Waals surface area contributed by atoms with Gasteiger partial charge in [-0.2, -0.15) is 4.74 Å². The van der Waals surface area contributed by atoms with Crippen LogP contribution in [0.1, 0.15) is 6.92 Å². The largest absolute Gasteiger partial charge is 0.366 e. The number of nitrogens with zero attached hydrogens (tertiary/aromatic N) is 5. The van der Waals surface area contributed by atoms with Crippen LogP contribution in [0.15, 0.2) is 45.2 Å². The van der Waals surface area contributed by atoms with E-state index in [1.807, 2.05) is 4.90 Å². The summed E-state index contributed by atoms with van der Waals surface area (Å²) in [7, 11) is 0. The first-order valence-electron chi connectivity index (χ1n) is 10.2. The molecule has 0 aliphatic carbocycles. The fourth-order valence-electron chi connectivity index (χ4n) is 3.45. The Bertz CT molecular complexity index is 1190. The maximum absolute atomic E-state index is 14.9. The van der Waals surface area contributed by atoms with Gasteiger partial charge in [0, 0.05) is 33.1 Å². The number of piperazine rings is 1. The standard InChI is InChI=1S/C20H22FN7O4S/c1-13(29)23-12-28-9-15(19(31)32-28)14-2-3-17(16(21)8-14)26-4-6-27(7-5-26)18(30)10-33-20-22-11-24-25-20/h2-3,8-9,11H,4-7,10,12H2,1H3,(H,23,29)(H,22,24,25). The maximum Gasteiger partial charge on any atom is 0.365 e. The highest BCUT2D eigenvalue weighted by atomic mass is 32.2. The van der Waals surface area contributed by atoms with E-state index in [1.165, 1.54) is 42.0 Å². The fraction of sp³-hybridized carbons (Fsp3) is 0.350. The molecule has 13 heteroatoms. The maximum atomic E-state index is 14.9. The lowest BCUT2D eigenvalue weighted by Gasteiger charge is -2.36. The van der Waals surface area contributed by atoms with Crippen molar-refractivity contribution >= 4 is 29.3 Å². The van der Waals surface area contributed by atoms with Crippen LogP contribution in [0, 0.1) is 5.82 Å². The SMILES string of the molecule is CC(=O)NCn1cc(-c2ccc(N3CCN(C(=O)CSc4nnc[nH]4)CC3)c(F)c2)c(=O)o1. The van der Waals surface area contributed by atoms with Crippen LogP contribution < -0.4 is 15.8 Å². The van der Waals surface area contributed by atoms with Gasteiger partial charge in [0.1, 0.15) is 18.8 Å². The number of amides is 2. The average Bonchev–Trinajstić information content (AvgIpc) is 3.45. The molecule has 1 fully saturated rings. The summed E-state index contributed by atoms with van der Waals surface area (Å²) in [5.74, 6) is -0.495. The number of aromatic nitrogens is 4. The van der Waals surface area contributed by atoms with Crippen LogP contribution in [0.2, 0.25) is 0 Å². The van der Waals surface area contributed by atoms with Crippen LogP contribution >= 0.6 is 11.8 Å². The topological polar surface area (TPSA) is 129 Å². The number of hydrogen-bond donors (Lipinski definition) is 2. The average molecular weight is 476 g/mol. The Morgan fingerprint density at radius 2 is 2.06 bits per heavy atom. The zero-order valence-corrected chi connectivity index (χ0v) is 18.6. The number of halogens is 1. The third-order valence-electron chi connectivity index (χ3n) is 5.14. The Morgan fingerprint density at radius 3 is 2.73 bits per heavy atom. The number of benzene rings is 1. The van der Waals surface area contributed by atoms with Crippen LogP contribution in [0.25, 0.3) is 11.1 Å². The highest BCUT2D eigenvalue weighted by molar-refractivity contribution is 7.99. The molecule has 0 saturated carbocycles. The van der Waals surface area contributed by atoms with Gasteiger partial charge < -0.3 is 24.6 Å². The summed E-state index contributed by atoms with van der Waals surface area (Å²) in [6, 6.07) is 4.56. The van der Waals surface area contributed by atoms with Gasteiger partial charge in [0.05, 0.1) is 23.2 Å². The number of carbonyl (C=O) groups is 2. The van der Waals surface area contributed by atoms with Gasteiger partial charge in [-0.1, -0.05) is 17.8 Å². The number of anilines is 1. The van der Waals surface area contributed by atoms with E-state index in [0.29, 0.717) is 42.6 Å². The quantitative estimate of drug-likeness (QED) is 0.482. The number of aromatic amines is 1. The molecule has 0 spiro atoms. The molecule has 0 bridgehead atoms. The first kappa shape index (κ1) is 22.6. The van der Waals surface area contributed by atoms with Gasteiger partial charge in [0.15, 0.2) is 5.16 Å². The predicted molar refractivity (Wildman–Crippen MR) is 118 cm³/mol. The van der Waals surface area contributed by atoms with Gasteiger partial charge in [0.2, 0.25) is 11.8 Å². The lowest BCUT2D eigenvalue weighted by Crippen LogP contribution is -2.49. The highest BCUT2D eigenvalue weighted by Gasteiger charge is 2.23. The van der Waals surface area contributed by atoms with Gasteiger partial charge in [0.25, 0.3) is 0 Å². The summed E-state index contributed by atoms with van der Waals surface area (Å²) in [5.41, 5.74) is 0.363. The fourth-order valence-corrected chi connectivity index (χ4v) is 4.14. The molecule has 0 radical (unpaired) electrons. The Kier molecular flexibility index (Phi) is 6.77. The Balaban J connectivity index is 1.36. The zero-order valence-electron chi connectivity index (χ0n) is 17.8. The third kappa shape index (κ3) is 5.42. The Labute approximate surface area is 191 Å². The molecule has 1 aliphatic heterocycles. The molecule has 2 aromatic heterocycles. The van der Waals surface area contributed by atoms with Gasteiger partial charge >= 0.3 is 5.63 Å². The molecule has 174 valence electrons. The molecule has 4 rings (SSSR count). The van der Waals surface area contributed by atoms with E-state index in [-0.39, 0.29) is 29.8 Å². The van der Waals surface area contributed by atoms with E-state index < -0.39 is 11.4 Å². The summed E-state index contributed by atoms with van der Waals surface area (Å²) in [6.45, 7) is 3.29. The van der Waals surface area contributed by atoms with Crippen molar-refractivity contribution in [3.8, 4) is 11.1 Å². The second kappa shape index (κ2) is 9.90. The van der Waals surface area contributed by atoms with Crippen LogP contribution in [0.4, 0.5) is 10.1 Å². The summed E-state index contributed by atoms with van der Waals surface area (Å²) in [6.07, 6.45) is 2.88. The number of carbonyl (C=O) groups excluding carboxylic acids is 2. The normalized spacial score (nSPS) is 13.9. The second-order valence-electron chi connectivity index (χ2n) is 7.35. The van der Waals surface area contributed by atoms with Crippen molar-refractivity contribution in [2.75, 3.05) is 36.8 Å². The van der Waals surface area contributed by atoms with E-state index in [0.717, 1.165) is 0 Å². The molecule has 2 N–H and O–H groups in total. The van der Waals surface area contributed by atoms with E-state index in [2.05, 4.69) is 20.5 Å². The van der Waals surface area contributed by atoms with Crippen LogP contribution in [-0.2, 0) is 16.3 Å². The summed E-state index contributed by atoms with van der Waals surface area (Å²) in [4.78, 5) is 42.0. The molecule has 1 aliphatic rings. The van der Waals surface area contributed by atoms with Crippen LogP contribution in [0.3, 0.4) is 0 Å². The Hall–Kier alpha value is -3.61. The van der Waals surface area contributed by atoms with Gasteiger partial charge in [-0.05, 0) is 17.7 Å². The van der Waals surface area contributed by atoms with Crippen molar-refractivity contribution < 1.29 is 18.5 Å². The minimum absolute atomic E-state index is 0.00501. The van der Waals surface area contributed by atoms with Crippen molar-refractivity contribution in [1.82, 2.24) is 30.1 Å². The first-order valence-corrected chi connectivity index (χ1v) is 11.2.